The monoisotopic (exact) mass is 229 g/mol. The number of hydrogen-bond donors (Lipinski definition) is 3. The third-order valence-electron chi connectivity index (χ3n) is 2.21. The van der Waals surface area contributed by atoms with Gasteiger partial charge >= 0.3 is 6.09 Å². The molecule has 0 aromatic carbocycles. The molecular weight excluding hydrogens is 214 g/mol. The van der Waals surface area contributed by atoms with Gasteiger partial charge in [0, 0.05) is 0 Å². The molecule has 0 saturated carbocycles. The molecule has 0 aromatic heterocycles. The summed E-state index contributed by atoms with van der Waals surface area (Å²) in [5, 5.41) is 5.07. The van der Waals surface area contributed by atoms with Crippen LogP contribution in [0.25, 0.3) is 0 Å². The first-order chi connectivity index (χ1) is 7.59. The summed E-state index contributed by atoms with van der Waals surface area (Å²) >= 11 is 0. The van der Waals surface area contributed by atoms with E-state index in [-0.39, 0.29) is 25.0 Å². The summed E-state index contributed by atoms with van der Waals surface area (Å²) in [6.45, 7) is 0.276. The van der Waals surface area contributed by atoms with Gasteiger partial charge in [0.15, 0.2) is 0 Å². The van der Waals surface area contributed by atoms with Crippen molar-refractivity contribution in [2.24, 2.45) is 5.73 Å². The third kappa shape index (κ3) is 4.16. The van der Waals surface area contributed by atoms with Gasteiger partial charge in [0.05, 0.1) is 13.2 Å². The van der Waals surface area contributed by atoms with E-state index < -0.39 is 12.1 Å². The molecule has 4 N–H and O–H groups in total. The van der Waals surface area contributed by atoms with Gasteiger partial charge in [0.2, 0.25) is 11.8 Å². The molecule has 7 heteroatoms. The Bertz CT molecular complexity index is 292. The van der Waals surface area contributed by atoms with Crippen LogP contribution in [0.15, 0.2) is 0 Å². The highest BCUT2D eigenvalue weighted by atomic mass is 16.5. The Balaban J connectivity index is 2.14. The number of carbonyl (C=O) groups excluding carboxylic acids is 3. The lowest BCUT2D eigenvalue weighted by atomic mass is 10.1. The van der Waals surface area contributed by atoms with Crippen molar-refractivity contribution in [3.8, 4) is 0 Å². The first-order valence-electron chi connectivity index (χ1n) is 5.09. The van der Waals surface area contributed by atoms with E-state index in [2.05, 4.69) is 15.4 Å². The number of piperazine rings is 1. The topological polar surface area (TPSA) is 111 Å². The molecule has 0 bridgehead atoms. The summed E-state index contributed by atoms with van der Waals surface area (Å²) in [5.74, 6) is -0.353. The SMILES string of the molecule is NC(=O)OCCCCC1NC(=O)CNC1=O. The second-order valence-corrected chi connectivity index (χ2v) is 3.50. The fourth-order valence-corrected chi connectivity index (χ4v) is 1.43. The fraction of sp³-hybridized carbons (Fsp3) is 0.667. The molecule has 1 heterocycles. The van der Waals surface area contributed by atoms with Crippen LogP contribution in [-0.4, -0.2) is 37.1 Å². The highest BCUT2D eigenvalue weighted by molar-refractivity contribution is 5.94. The van der Waals surface area contributed by atoms with Gasteiger partial charge < -0.3 is 21.1 Å². The number of nitrogens with two attached hydrogens (primary N) is 1. The minimum Gasteiger partial charge on any atom is -0.450 e. The maximum Gasteiger partial charge on any atom is 0.404 e. The molecule has 3 amide bonds. The summed E-state index contributed by atoms with van der Waals surface area (Å²) in [4.78, 5) is 32.5. The van der Waals surface area contributed by atoms with E-state index in [1.807, 2.05) is 0 Å². The summed E-state index contributed by atoms with van der Waals surface area (Å²) < 4.78 is 4.53. The Hall–Kier alpha value is -1.79. The maximum atomic E-state index is 11.3. The van der Waals surface area contributed by atoms with Gasteiger partial charge in [-0.15, -0.1) is 0 Å². The molecule has 16 heavy (non-hydrogen) atoms. The van der Waals surface area contributed by atoms with Crippen LogP contribution < -0.4 is 16.4 Å². The molecule has 1 aliphatic heterocycles. The number of amides is 3. The third-order valence-corrected chi connectivity index (χ3v) is 2.21. The number of primary amides is 1. The molecular formula is C9H15N3O4. The van der Waals surface area contributed by atoms with Crippen molar-refractivity contribution in [1.82, 2.24) is 10.6 Å². The Morgan fingerprint density at radius 3 is 2.88 bits per heavy atom. The highest BCUT2D eigenvalue weighted by Gasteiger charge is 2.24. The number of rotatable bonds is 5. The smallest absolute Gasteiger partial charge is 0.404 e. The van der Waals surface area contributed by atoms with E-state index in [4.69, 9.17) is 5.73 Å². The van der Waals surface area contributed by atoms with E-state index in [1.54, 1.807) is 0 Å². The molecule has 0 aromatic rings. The standard InChI is InChI=1S/C9H15N3O4/c10-9(15)16-4-2-1-3-6-8(14)11-5-7(13)12-6/h6H,1-5H2,(H2,10,15)(H,11,14)(H,12,13). The normalized spacial score (nSPS) is 19.9. The van der Waals surface area contributed by atoms with Gasteiger partial charge in [0.25, 0.3) is 0 Å². The van der Waals surface area contributed by atoms with Crippen LogP contribution >= 0.6 is 0 Å². The van der Waals surface area contributed by atoms with Crippen molar-refractivity contribution < 1.29 is 19.1 Å². The lowest BCUT2D eigenvalue weighted by Gasteiger charge is -2.22. The second kappa shape index (κ2) is 5.94. The molecule has 1 atom stereocenters. The predicted molar refractivity (Wildman–Crippen MR) is 54.3 cm³/mol. The van der Waals surface area contributed by atoms with Crippen LogP contribution in [0.3, 0.4) is 0 Å². The largest absolute Gasteiger partial charge is 0.450 e. The van der Waals surface area contributed by atoms with E-state index in [1.165, 1.54) is 0 Å². The molecule has 90 valence electrons. The number of carbonyl (C=O) groups is 3. The van der Waals surface area contributed by atoms with E-state index >= 15 is 0 Å². The number of hydrogen-bond acceptors (Lipinski definition) is 4. The maximum absolute atomic E-state index is 11.3. The molecule has 1 fully saturated rings. The van der Waals surface area contributed by atoms with Gasteiger partial charge in [0.1, 0.15) is 6.04 Å². The first kappa shape index (κ1) is 12.3. The Labute approximate surface area is 92.7 Å². The van der Waals surface area contributed by atoms with Crippen molar-refractivity contribution in [1.29, 1.82) is 0 Å². The van der Waals surface area contributed by atoms with E-state index in [9.17, 15) is 14.4 Å². The zero-order chi connectivity index (χ0) is 12.0. The molecule has 1 saturated heterocycles. The van der Waals surface area contributed by atoms with Crippen molar-refractivity contribution in [2.75, 3.05) is 13.2 Å². The minimum absolute atomic E-state index is 0.0418. The molecule has 0 radical (unpaired) electrons. The van der Waals surface area contributed by atoms with Gasteiger partial charge in [-0.25, -0.2) is 4.79 Å². The van der Waals surface area contributed by atoms with Crippen LogP contribution in [0.5, 0.6) is 0 Å². The number of ether oxygens (including phenoxy) is 1. The summed E-state index contributed by atoms with van der Waals surface area (Å²) in [6, 6.07) is -0.477. The highest BCUT2D eigenvalue weighted by Crippen LogP contribution is 2.03. The fourth-order valence-electron chi connectivity index (χ4n) is 1.43. The predicted octanol–water partition coefficient (Wildman–Crippen LogP) is -1.13. The molecule has 0 aliphatic carbocycles. The molecule has 1 rings (SSSR count). The Morgan fingerprint density at radius 1 is 1.44 bits per heavy atom. The van der Waals surface area contributed by atoms with Crippen molar-refractivity contribution in [3.05, 3.63) is 0 Å². The molecule has 7 nitrogen and oxygen atoms in total. The quantitative estimate of drug-likeness (QED) is 0.518. The number of unbranched alkanes of at least 4 members (excludes halogenated alkanes) is 1. The first-order valence-corrected chi connectivity index (χ1v) is 5.09. The molecule has 1 aliphatic rings. The van der Waals surface area contributed by atoms with Crippen molar-refractivity contribution >= 4 is 17.9 Å². The molecule has 1 unspecified atom stereocenters. The zero-order valence-corrected chi connectivity index (χ0v) is 8.82. The van der Waals surface area contributed by atoms with Gasteiger partial charge in [-0.3, -0.25) is 9.59 Å². The van der Waals surface area contributed by atoms with Gasteiger partial charge in [-0.1, -0.05) is 0 Å². The summed E-state index contributed by atoms with van der Waals surface area (Å²) in [5.41, 5.74) is 4.78. The van der Waals surface area contributed by atoms with Gasteiger partial charge in [-0.2, -0.15) is 0 Å². The molecule has 0 spiro atoms. The van der Waals surface area contributed by atoms with Crippen LogP contribution in [0.4, 0.5) is 4.79 Å². The van der Waals surface area contributed by atoms with Crippen LogP contribution in [0, 0.1) is 0 Å². The van der Waals surface area contributed by atoms with E-state index in [0.29, 0.717) is 19.3 Å². The lowest BCUT2D eigenvalue weighted by molar-refractivity contribution is -0.133. The van der Waals surface area contributed by atoms with Crippen LogP contribution in [0.2, 0.25) is 0 Å². The van der Waals surface area contributed by atoms with E-state index in [0.717, 1.165) is 0 Å². The average Bonchev–Trinajstić information content (AvgIpc) is 2.22. The van der Waals surface area contributed by atoms with Crippen molar-refractivity contribution in [2.45, 2.75) is 25.3 Å². The summed E-state index contributed by atoms with van der Waals surface area (Å²) in [6.07, 6.45) is 1.01. The Kier molecular flexibility index (Phi) is 4.56. The Morgan fingerprint density at radius 2 is 2.19 bits per heavy atom. The lowest BCUT2D eigenvalue weighted by Crippen LogP contribution is -2.56. The van der Waals surface area contributed by atoms with Crippen LogP contribution in [-0.2, 0) is 14.3 Å². The van der Waals surface area contributed by atoms with Gasteiger partial charge in [-0.05, 0) is 19.3 Å². The zero-order valence-electron chi connectivity index (χ0n) is 8.82. The average molecular weight is 229 g/mol. The van der Waals surface area contributed by atoms with Crippen LogP contribution in [0.1, 0.15) is 19.3 Å². The minimum atomic E-state index is -0.802. The summed E-state index contributed by atoms with van der Waals surface area (Å²) in [7, 11) is 0. The second-order valence-electron chi connectivity index (χ2n) is 3.50. The van der Waals surface area contributed by atoms with Crippen molar-refractivity contribution in [3.63, 3.8) is 0 Å². The number of nitrogens with one attached hydrogen (secondary N) is 2.